The summed E-state index contributed by atoms with van der Waals surface area (Å²) < 4.78 is 2.93. The molecule has 0 unspecified atom stereocenters. The van der Waals surface area contributed by atoms with Crippen LogP contribution in [0.2, 0.25) is 0 Å². The Morgan fingerprint density at radius 1 is 0.923 bits per heavy atom. The van der Waals surface area contributed by atoms with E-state index in [1.165, 1.54) is 0 Å². The normalized spacial score (nSPS) is 10.8. The van der Waals surface area contributed by atoms with Gasteiger partial charge in [0.05, 0.1) is 11.0 Å². The second-order valence-electron chi connectivity index (χ2n) is 5.93. The first-order valence-corrected chi connectivity index (χ1v) is 9.06. The molecular formula is C21H16BrN3O. The van der Waals surface area contributed by atoms with Crippen LogP contribution in [0.5, 0.6) is 0 Å². The summed E-state index contributed by atoms with van der Waals surface area (Å²) >= 11 is 3.40. The SMILES string of the molecule is O=C(Cn1c(-c2ccccc2)nc2ccccc21)Nc1ccc(Br)cc1. The summed E-state index contributed by atoms with van der Waals surface area (Å²) in [4.78, 5) is 17.4. The number of fused-ring (bicyclic) bond motifs is 1. The second kappa shape index (κ2) is 7.14. The van der Waals surface area contributed by atoms with Crippen molar-refractivity contribution in [2.24, 2.45) is 0 Å². The molecule has 0 radical (unpaired) electrons. The van der Waals surface area contributed by atoms with Gasteiger partial charge in [0.15, 0.2) is 0 Å². The molecule has 1 aromatic heterocycles. The number of carbonyl (C=O) groups excluding carboxylic acids is 1. The molecule has 0 atom stereocenters. The van der Waals surface area contributed by atoms with Crippen molar-refractivity contribution in [3.63, 3.8) is 0 Å². The topological polar surface area (TPSA) is 46.9 Å². The molecule has 128 valence electrons. The standard InChI is InChI=1S/C21H16BrN3O/c22-16-10-12-17(13-11-16)23-20(26)14-25-19-9-5-4-8-18(19)24-21(25)15-6-2-1-3-7-15/h1-13H,14H2,(H,23,26). The van der Waals surface area contributed by atoms with Crippen LogP contribution < -0.4 is 5.32 Å². The Kier molecular flexibility index (Phi) is 4.54. The van der Waals surface area contributed by atoms with Crippen LogP contribution in [0.4, 0.5) is 5.69 Å². The number of amides is 1. The minimum absolute atomic E-state index is 0.0901. The largest absolute Gasteiger partial charge is 0.325 e. The van der Waals surface area contributed by atoms with Gasteiger partial charge in [-0.2, -0.15) is 0 Å². The van der Waals surface area contributed by atoms with Crippen molar-refractivity contribution in [3.8, 4) is 11.4 Å². The number of para-hydroxylation sites is 2. The van der Waals surface area contributed by atoms with E-state index in [4.69, 9.17) is 4.98 Å². The van der Waals surface area contributed by atoms with Crippen LogP contribution in [-0.2, 0) is 11.3 Å². The van der Waals surface area contributed by atoms with E-state index < -0.39 is 0 Å². The van der Waals surface area contributed by atoms with Crippen LogP contribution >= 0.6 is 15.9 Å². The van der Waals surface area contributed by atoms with Crippen molar-refractivity contribution >= 4 is 38.6 Å². The first-order valence-electron chi connectivity index (χ1n) is 8.27. The van der Waals surface area contributed by atoms with Crippen molar-refractivity contribution in [1.82, 2.24) is 9.55 Å². The van der Waals surface area contributed by atoms with E-state index in [1.807, 2.05) is 83.4 Å². The van der Waals surface area contributed by atoms with Crippen LogP contribution in [0.25, 0.3) is 22.4 Å². The summed E-state index contributed by atoms with van der Waals surface area (Å²) in [7, 11) is 0. The van der Waals surface area contributed by atoms with Gasteiger partial charge >= 0.3 is 0 Å². The van der Waals surface area contributed by atoms with E-state index in [9.17, 15) is 4.79 Å². The van der Waals surface area contributed by atoms with Crippen LogP contribution in [0.3, 0.4) is 0 Å². The fourth-order valence-corrected chi connectivity index (χ4v) is 3.18. The maximum absolute atomic E-state index is 12.6. The molecule has 4 rings (SSSR count). The zero-order valence-corrected chi connectivity index (χ0v) is 15.5. The van der Waals surface area contributed by atoms with Crippen LogP contribution in [0.15, 0.2) is 83.3 Å². The highest BCUT2D eigenvalue weighted by Gasteiger charge is 2.15. The van der Waals surface area contributed by atoms with Gasteiger partial charge in [-0.15, -0.1) is 0 Å². The minimum Gasteiger partial charge on any atom is -0.325 e. The van der Waals surface area contributed by atoms with Crippen LogP contribution in [0, 0.1) is 0 Å². The van der Waals surface area contributed by atoms with Crippen molar-refractivity contribution in [2.45, 2.75) is 6.54 Å². The molecular weight excluding hydrogens is 390 g/mol. The van der Waals surface area contributed by atoms with Gasteiger partial charge in [0.1, 0.15) is 12.4 Å². The highest BCUT2D eigenvalue weighted by atomic mass is 79.9. The highest BCUT2D eigenvalue weighted by molar-refractivity contribution is 9.10. The fourth-order valence-electron chi connectivity index (χ4n) is 2.92. The van der Waals surface area contributed by atoms with Gasteiger partial charge in [0.25, 0.3) is 0 Å². The van der Waals surface area contributed by atoms with Crippen LogP contribution in [-0.4, -0.2) is 15.5 Å². The lowest BCUT2D eigenvalue weighted by Crippen LogP contribution is -2.19. The molecule has 1 heterocycles. The molecule has 26 heavy (non-hydrogen) atoms. The van der Waals surface area contributed by atoms with Gasteiger partial charge in [-0.05, 0) is 36.4 Å². The molecule has 0 spiro atoms. The maximum Gasteiger partial charge on any atom is 0.244 e. The Bertz CT molecular complexity index is 1060. The van der Waals surface area contributed by atoms with Crippen LogP contribution in [0.1, 0.15) is 0 Å². The molecule has 0 bridgehead atoms. The molecule has 4 nitrogen and oxygen atoms in total. The Morgan fingerprint density at radius 3 is 2.38 bits per heavy atom. The summed E-state index contributed by atoms with van der Waals surface area (Å²) in [5, 5.41) is 2.94. The van der Waals surface area contributed by atoms with Gasteiger partial charge in [0.2, 0.25) is 5.91 Å². The number of anilines is 1. The number of nitrogens with zero attached hydrogens (tertiary/aromatic N) is 2. The summed E-state index contributed by atoms with van der Waals surface area (Å²) in [6.45, 7) is 0.195. The lowest BCUT2D eigenvalue weighted by Gasteiger charge is -2.10. The first-order chi connectivity index (χ1) is 12.7. The molecule has 0 aliphatic carbocycles. The molecule has 0 saturated carbocycles. The van der Waals surface area contributed by atoms with Gasteiger partial charge < -0.3 is 9.88 Å². The number of rotatable bonds is 4. The van der Waals surface area contributed by atoms with Crippen molar-refractivity contribution in [3.05, 3.63) is 83.3 Å². The fraction of sp³-hybridized carbons (Fsp3) is 0.0476. The number of hydrogen-bond donors (Lipinski definition) is 1. The average Bonchev–Trinajstić information content (AvgIpc) is 3.03. The monoisotopic (exact) mass is 405 g/mol. The zero-order chi connectivity index (χ0) is 17.9. The number of halogens is 1. The van der Waals surface area contributed by atoms with E-state index in [0.717, 1.165) is 32.6 Å². The molecule has 4 aromatic rings. The van der Waals surface area contributed by atoms with E-state index >= 15 is 0 Å². The molecule has 0 aliphatic heterocycles. The van der Waals surface area contributed by atoms with Gasteiger partial charge in [-0.3, -0.25) is 4.79 Å². The van der Waals surface area contributed by atoms with Gasteiger partial charge in [-0.25, -0.2) is 4.98 Å². The molecule has 0 saturated heterocycles. The number of benzene rings is 3. The smallest absolute Gasteiger partial charge is 0.244 e. The Morgan fingerprint density at radius 2 is 1.62 bits per heavy atom. The molecule has 0 fully saturated rings. The number of imidazole rings is 1. The molecule has 0 aliphatic rings. The zero-order valence-electron chi connectivity index (χ0n) is 13.9. The van der Waals surface area contributed by atoms with Crippen molar-refractivity contribution < 1.29 is 4.79 Å². The number of carbonyl (C=O) groups is 1. The third-order valence-corrected chi connectivity index (χ3v) is 4.64. The number of hydrogen-bond acceptors (Lipinski definition) is 2. The molecule has 1 amide bonds. The van der Waals surface area contributed by atoms with Gasteiger partial charge in [-0.1, -0.05) is 58.4 Å². The summed E-state index contributed by atoms with van der Waals surface area (Å²) in [5.74, 6) is 0.699. The quantitative estimate of drug-likeness (QED) is 0.512. The van der Waals surface area contributed by atoms with Crippen molar-refractivity contribution in [2.75, 3.05) is 5.32 Å². The predicted molar refractivity (Wildman–Crippen MR) is 108 cm³/mol. The second-order valence-corrected chi connectivity index (χ2v) is 6.85. The lowest BCUT2D eigenvalue weighted by molar-refractivity contribution is -0.116. The van der Waals surface area contributed by atoms with E-state index in [2.05, 4.69) is 21.2 Å². The Labute approximate surface area is 159 Å². The summed E-state index contributed by atoms with van der Waals surface area (Å²) in [6, 6.07) is 25.3. The van der Waals surface area contributed by atoms with E-state index in [1.54, 1.807) is 0 Å². The minimum atomic E-state index is -0.0901. The maximum atomic E-state index is 12.6. The predicted octanol–water partition coefficient (Wildman–Crippen LogP) is 5.10. The summed E-state index contributed by atoms with van der Waals surface area (Å²) in [6.07, 6.45) is 0. The highest BCUT2D eigenvalue weighted by Crippen LogP contribution is 2.25. The summed E-state index contributed by atoms with van der Waals surface area (Å²) in [5.41, 5.74) is 3.57. The van der Waals surface area contributed by atoms with Gasteiger partial charge in [0, 0.05) is 15.7 Å². The Balaban J connectivity index is 1.68. The van der Waals surface area contributed by atoms with E-state index in [0.29, 0.717) is 0 Å². The Hall–Kier alpha value is -2.92. The van der Waals surface area contributed by atoms with E-state index in [-0.39, 0.29) is 12.5 Å². The molecule has 5 heteroatoms. The number of nitrogens with one attached hydrogen (secondary N) is 1. The first kappa shape index (κ1) is 16.5. The number of aromatic nitrogens is 2. The van der Waals surface area contributed by atoms with Crippen molar-refractivity contribution in [1.29, 1.82) is 0 Å². The third-order valence-electron chi connectivity index (χ3n) is 4.12. The average molecular weight is 406 g/mol. The molecule has 3 aromatic carbocycles. The molecule has 1 N–H and O–H groups in total. The third kappa shape index (κ3) is 3.39. The lowest BCUT2D eigenvalue weighted by atomic mass is 10.2.